The molecule has 1 heterocycles. The van der Waals surface area contributed by atoms with Gasteiger partial charge in [-0.2, -0.15) is 0 Å². The monoisotopic (exact) mass is 373 g/mol. The van der Waals surface area contributed by atoms with E-state index in [1.54, 1.807) is 6.07 Å². The molecule has 1 aromatic carbocycles. The largest absolute Gasteiger partial charge is 0.508 e. The van der Waals surface area contributed by atoms with Gasteiger partial charge in [0.05, 0.1) is 12.7 Å². The quantitative estimate of drug-likeness (QED) is 0.766. The molecule has 5 nitrogen and oxygen atoms in total. The standard InChI is InChI=1S/C22H31NO4/c1-13(2)23-21(25)27-12-22-11-26-20(17-8-6-7-9-18(17)24)19(16(22)5)14(3)10-15(22)4/h6-10,13,15-16,19-20,24H,11-12H2,1-5H3,(H,23,25)/t15-,16-,19+,20-,22+/m0/s1. The van der Waals surface area contributed by atoms with Gasteiger partial charge in [-0.25, -0.2) is 4.79 Å². The molecule has 3 rings (SSSR count). The Morgan fingerprint density at radius 2 is 2.07 bits per heavy atom. The van der Waals surface area contributed by atoms with Crippen LogP contribution in [-0.2, 0) is 9.47 Å². The SMILES string of the molecule is CC1=C[C@H](C)[C@]2(COC(=O)NC(C)C)CO[C@@H](c3ccccc3O)[C@H]1[C@@H]2C. The van der Waals surface area contributed by atoms with Gasteiger partial charge in [-0.1, -0.05) is 43.7 Å². The first-order valence-electron chi connectivity index (χ1n) is 9.77. The lowest BCUT2D eigenvalue weighted by Crippen LogP contribution is -2.55. The molecule has 0 spiro atoms. The molecule has 0 radical (unpaired) electrons. The van der Waals surface area contributed by atoms with Crippen LogP contribution in [0.25, 0.3) is 0 Å². The molecule has 2 aliphatic rings. The molecule has 27 heavy (non-hydrogen) atoms. The fraction of sp³-hybridized carbons (Fsp3) is 0.591. The number of alkyl carbamates (subject to hydrolysis) is 1. The average Bonchev–Trinajstić information content (AvgIpc) is 2.59. The first-order valence-corrected chi connectivity index (χ1v) is 9.77. The number of ether oxygens (including phenoxy) is 2. The third kappa shape index (κ3) is 3.57. The number of hydrogen-bond acceptors (Lipinski definition) is 4. The van der Waals surface area contributed by atoms with E-state index in [1.165, 1.54) is 5.57 Å². The Morgan fingerprint density at radius 3 is 2.74 bits per heavy atom. The number of benzene rings is 1. The predicted molar refractivity (Wildman–Crippen MR) is 104 cm³/mol. The van der Waals surface area contributed by atoms with Crippen LogP contribution in [0.1, 0.15) is 46.3 Å². The topological polar surface area (TPSA) is 67.8 Å². The number of phenolic OH excluding ortho intramolecular Hbond substituents is 1. The lowest BCUT2D eigenvalue weighted by molar-refractivity contribution is -0.166. The maximum atomic E-state index is 12.0. The summed E-state index contributed by atoms with van der Waals surface area (Å²) >= 11 is 0. The molecule has 148 valence electrons. The number of carbonyl (C=O) groups is 1. The zero-order valence-electron chi connectivity index (χ0n) is 16.9. The number of rotatable bonds is 4. The Kier molecular flexibility index (Phi) is 5.52. The van der Waals surface area contributed by atoms with Crippen LogP contribution in [0.15, 0.2) is 35.9 Å². The summed E-state index contributed by atoms with van der Waals surface area (Å²) in [6.45, 7) is 11.2. The number of nitrogens with one attached hydrogen (secondary N) is 1. The summed E-state index contributed by atoms with van der Waals surface area (Å²) < 4.78 is 11.9. The minimum atomic E-state index is -0.385. The van der Waals surface area contributed by atoms with Crippen molar-refractivity contribution in [3.05, 3.63) is 41.5 Å². The number of allylic oxidation sites excluding steroid dienone is 1. The summed E-state index contributed by atoms with van der Waals surface area (Å²) in [6.07, 6.45) is 1.70. The van der Waals surface area contributed by atoms with Gasteiger partial charge in [0.25, 0.3) is 0 Å². The molecular formula is C22H31NO4. The second-order valence-corrected chi connectivity index (χ2v) is 8.41. The summed E-state index contributed by atoms with van der Waals surface area (Å²) in [7, 11) is 0. The highest BCUT2D eigenvalue weighted by molar-refractivity contribution is 5.67. The number of aromatic hydroxyl groups is 1. The summed E-state index contributed by atoms with van der Waals surface area (Å²) in [5.41, 5.74) is 1.83. The van der Waals surface area contributed by atoms with Crippen molar-refractivity contribution in [3.8, 4) is 5.75 Å². The zero-order valence-corrected chi connectivity index (χ0v) is 16.9. The van der Waals surface area contributed by atoms with Crippen molar-refractivity contribution in [2.45, 2.75) is 46.8 Å². The van der Waals surface area contributed by atoms with Gasteiger partial charge < -0.3 is 19.9 Å². The van der Waals surface area contributed by atoms with Gasteiger partial charge in [0.1, 0.15) is 12.4 Å². The molecule has 0 unspecified atom stereocenters. The smallest absolute Gasteiger partial charge is 0.407 e. The fourth-order valence-electron chi connectivity index (χ4n) is 4.74. The molecule has 1 aliphatic carbocycles. The molecule has 0 saturated carbocycles. The van der Waals surface area contributed by atoms with Crippen LogP contribution in [0.3, 0.4) is 0 Å². The number of amides is 1. The normalized spacial score (nSPS) is 32.7. The van der Waals surface area contributed by atoms with E-state index in [2.05, 4.69) is 32.2 Å². The Hall–Kier alpha value is -2.01. The lowest BCUT2D eigenvalue weighted by Gasteiger charge is -2.55. The van der Waals surface area contributed by atoms with Crippen molar-refractivity contribution in [1.29, 1.82) is 0 Å². The second kappa shape index (κ2) is 7.55. The molecule has 2 N–H and O–H groups in total. The summed E-state index contributed by atoms with van der Waals surface area (Å²) in [5.74, 6) is 0.893. The Balaban J connectivity index is 1.87. The Morgan fingerprint density at radius 1 is 1.37 bits per heavy atom. The van der Waals surface area contributed by atoms with Crippen LogP contribution >= 0.6 is 0 Å². The van der Waals surface area contributed by atoms with Gasteiger partial charge >= 0.3 is 6.09 Å². The van der Waals surface area contributed by atoms with E-state index in [-0.39, 0.29) is 47.2 Å². The molecule has 1 fully saturated rings. The van der Waals surface area contributed by atoms with Gasteiger partial charge in [0, 0.05) is 22.9 Å². The molecule has 1 amide bonds. The molecular weight excluding hydrogens is 342 g/mol. The van der Waals surface area contributed by atoms with Gasteiger partial charge in [0.15, 0.2) is 0 Å². The van der Waals surface area contributed by atoms with Crippen molar-refractivity contribution in [1.82, 2.24) is 5.32 Å². The van der Waals surface area contributed by atoms with Crippen LogP contribution < -0.4 is 5.32 Å². The van der Waals surface area contributed by atoms with Crippen molar-refractivity contribution in [3.63, 3.8) is 0 Å². The minimum absolute atomic E-state index is 0.0409. The molecule has 1 aromatic rings. The van der Waals surface area contributed by atoms with Crippen LogP contribution in [0, 0.1) is 23.2 Å². The highest BCUT2D eigenvalue weighted by Gasteiger charge is 2.54. The zero-order chi connectivity index (χ0) is 19.8. The van der Waals surface area contributed by atoms with E-state index < -0.39 is 0 Å². The van der Waals surface area contributed by atoms with E-state index in [1.807, 2.05) is 32.0 Å². The molecule has 2 bridgehead atoms. The number of fused-ring (bicyclic) bond motifs is 2. The number of hydrogen-bond donors (Lipinski definition) is 2. The Labute approximate surface area is 161 Å². The molecule has 0 aromatic heterocycles. The summed E-state index contributed by atoms with van der Waals surface area (Å²) in [4.78, 5) is 12.0. The van der Waals surface area contributed by atoms with Crippen molar-refractivity contribution >= 4 is 6.09 Å². The van der Waals surface area contributed by atoms with Crippen molar-refractivity contribution < 1.29 is 19.4 Å². The van der Waals surface area contributed by atoms with Crippen LogP contribution in [0.4, 0.5) is 4.79 Å². The van der Waals surface area contributed by atoms with Crippen LogP contribution in [-0.4, -0.2) is 30.5 Å². The van der Waals surface area contributed by atoms with Gasteiger partial charge in [-0.3, -0.25) is 0 Å². The maximum absolute atomic E-state index is 12.0. The molecule has 1 saturated heterocycles. The van der Waals surface area contributed by atoms with E-state index in [4.69, 9.17) is 9.47 Å². The van der Waals surface area contributed by atoms with Crippen molar-refractivity contribution in [2.75, 3.05) is 13.2 Å². The maximum Gasteiger partial charge on any atom is 0.407 e. The number of carbonyl (C=O) groups excluding carboxylic acids is 1. The third-order valence-corrected chi connectivity index (χ3v) is 6.37. The van der Waals surface area contributed by atoms with E-state index >= 15 is 0 Å². The number of para-hydroxylation sites is 1. The van der Waals surface area contributed by atoms with Crippen LogP contribution in [0.2, 0.25) is 0 Å². The van der Waals surface area contributed by atoms with E-state index in [0.717, 1.165) is 5.56 Å². The first-order chi connectivity index (χ1) is 12.8. The van der Waals surface area contributed by atoms with E-state index in [0.29, 0.717) is 13.2 Å². The molecule has 5 heteroatoms. The highest BCUT2D eigenvalue weighted by atomic mass is 16.6. The highest BCUT2D eigenvalue weighted by Crippen LogP contribution is 2.57. The van der Waals surface area contributed by atoms with Crippen LogP contribution in [0.5, 0.6) is 5.75 Å². The third-order valence-electron chi connectivity index (χ3n) is 6.37. The second-order valence-electron chi connectivity index (χ2n) is 8.41. The minimum Gasteiger partial charge on any atom is -0.508 e. The molecule has 1 aliphatic heterocycles. The van der Waals surface area contributed by atoms with E-state index in [9.17, 15) is 9.90 Å². The van der Waals surface area contributed by atoms with Gasteiger partial charge in [-0.15, -0.1) is 0 Å². The summed E-state index contributed by atoms with van der Waals surface area (Å²) in [6, 6.07) is 7.42. The lowest BCUT2D eigenvalue weighted by atomic mass is 9.56. The molecule has 5 atom stereocenters. The first kappa shape index (κ1) is 19.7. The van der Waals surface area contributed by atoms with Gasteiger partial charge in [-0.05, 0) is 38.7 Å². The predicted octanol–water partition coefficient (Wildman–Crippen LogP) is 4.43. The van der Waals surface area contributed by atoms with Crippen molar-refractivity contribution in [2.24, 2.45) is 23.2 Å². The average molecular weight is 373 g/mol. The fourth-order valence-corrected chi connectivity index (χ4v) is 4.74. The van der Waals surface area contributed by atoms with Gasteiger partial charge in [0.2, 0.25) is 0 Å². The Bertz CT molecular complexity index is 729. The number of phenols is 1. The summed E-state index contributed by atoms with van der Waals surface area (Å²) in [5, 5.41) is 13.1.